The van der Waals surface area contributed by atoms with Gasteiger partial charge >= 0.3 is 0 Å². The molecular weight excluding hydrogens is 308 g/mol. The van der Waals surface area contributed by atoms with Gasteiger partial charge in [0, 0.05) is 28.1 Å². The monoisotopic (exact) mass is 324 g/mol. The summed E-state index contributed by atoms with van der Waals surface area (Å²) >= 11 is 7.66. The predicted molar refractivity (Wildman–Crippen MR) is 88.5 cm³/mol. The van der Waals surface area contributed by atoms with E-state index in [1.807, 2.05) is 0 Å². The molecule has 6 heteroatoms. The summed E-state index contributed by atoms with van der Waals surface area (Å²) in [4.78, 5) is 12.8. The van der Waals surface area contributed by atoms with E-state index in [9.17, 15) is 10.1 Å². The third kappa shape index (κ3) is 3.95. The molecule has 0 saturated carbocycles. The first-order chi connectivity index (χ1) is 9.77. The molecule has 1 aromatic heterocycles. The maximum atomic E-state index is 10.7. The van der Waals surface area contributed by atoms with Crippen molar-refractivity contribution in [1.29, 1.82) is 0 Å². The zero-order valence-corrected chi connectivity index (χ0v) is 13.7. The maximum absolute atomic E-state index is 10.7. The smallest absolute Gasteiger partial charge is 0.288 e. The molecule has 112 valence electrons. The molecule has 2 aromatic rings. The number of nitrogens with one attached hydrogen (secondary N) is 1. The summed E-state index contributed by atoms with van der Waals surface area (Å²) in [5.74, 6) is 0. The van der Waals surface area contributed by atoms with Crippen LogP contribution in [0.5, 0.6) is 0 Å². The number of benzene rings is 1. The highest BCUT2D eigenvalue weighted by atomic mass is 35.5. The summed E-state index contributed by atoms with van der Waals surface area (Å²) in [5.41, 5.74) is 0.851. The lowest BCUT2D eigenvalue weighted by atomic mass is 9.95. The van der Waals surface area contributed by atoms with Crippen LogP contribution in [-0.4, -0.2) is 4.92 Å². The zero-order valence-electron chi connectivity index (χ0n) is 12.1. The second-order valence-corrected chi connectivity index (χ2v) is 7.37. The molecule has 2 rings (SSSR count). The quantitative estimate of drug-likeness (QED) is 0.619. The highest BCUT2D eigenvalue weighted by Crippen LogP contribution is 2.31. The zero-order chi connectivity index (χ0) is 15.6. The van der Waals surface area contributed by atoms with E-state index in [-0.39, 0.29) is 16.1 Å². The number of nitrogens with zero attached hydrogens (tertiary/aromatic N) is 1. The minimum Gasteiger partial charge on any atom is -0.380 e. The van der Waals surface area contributed by atoms with Crippen LogP contribution in [0.2, 0.25) is 5.02 Å². The second-order valence-electron chi connectivity index (χ2n) is 5.79. The standard InChI is InChI=1S/C15H17ClN2O2S/c1-15(2,3)14-7-5-11(21-14)9-17-10-4-6-13(18(19)20)12(16)8-10/h4-8,17H,9H2,1-3H3. The van der Waals surface area contributed by atoms with E-state index in [4.69, 9.17) is 11.6 Å². The van der Waals surface area contributed by atoms with Gasteiger partial charge in [-0.25, -0.2) is 0 Å². The van der Waals surface area contributed by atoms with Gasteiger partial charge < -0.3 is 5.32 Å². The first-order valence-electron chi connectivity index (χ1n) is 6.54. The molecule has 0 radical (unpaired) electrons. The number of thiophene rings is 1. The Morgan fingerprint density at radius 1 is 1.29 bits per heavy atom. The lowest BCUT2D eigenvalue weighted by Gasteiger charge is -2.15. The van der Waals surface area contributed by atoms with Gasteiger partial charge in [-0.1, -0.05) is 32.4 Å². The summed E-state index contributed by atoms with van der Waals surface area (Å²) in [6.45, 7) is 7.24. The number of hydrogen-bond donors (Lipinski definition) is 1. The van der Waals surface area contributed by atoms with Crippen LogP contribution in [0.15, 0.2) is 30.3 Å². The summed E-state index contributed by atoms with van der Waals surface area (Å²) in [6.07, 6.45) is 0. The Morgan fingerprint density at radius 2 is 2.00 bits per heavy atom. The van der Waals surface area contributed by atoms with Crippen LogP contribution in [0.1, 0.15) is 30.5 Å². The minimum atomic E-state index is -0.485. The fourth-order valence-electron chi connectivity index (χ4n) is 1.83. The average molecular weight is 325 g/mol. The van der Waals surface area contributed by atoms with Crippen LogP contribution in [0.3, 0.4) is 0 Å². The molecule has 0 saturated heterocycles. The summed E-state index contributed by atoms with van der Waals surface area (Å²) in [6, 6.07) is 8.91. The molecule has 21 heavy (non-hydrogen) atoms. The molecule has 0 aliphatic carbocycles. The van der Waals surface area contributed by atoms with Crippen molar-refractivity contribution in [3.05, 3.63) is 55.2 Å². The maximum Gasteiger partial charge on any atom is 0.288 e. The first kappa shape index (κ1) is 15.8. The van der Waals surface area contributed by atoms with Crippen molar-refractivity contribution in [2.24, 2.45) is 0 Å². The van der Waals surface area contributed by atoms with Gasteiger partial charge in [-0.2, -0.15) is 0 Å². The average Bonchev–Trinajstić information content (AvgIpc) is 2.84. The van der Waals surface area contributed by atoms with Crippen LogP contribution >= 0.6 is 22.9 Å². The number of rotatable bonds is 4. The lowest BCUT2D eigenvalue weighted by Crippen LogP contribution is -2.07. The van der Waals surface area contributed by atoms with Crippen LogP contribution in [0.25, 0.3) is 0 Å². The Labute approximate surface area is 132 Å². The molecule has 1 N–H and O–H groups in total. The van der Waals surface area contributed by atoms with Crippen molar-refractivity contribution in [1.82, 2.24) is 0 Å². The van der Waals surface area contributed by atoms with Gasteiger partial charge in [0.15, 0.2) is 0 Å². The summed E-state index contributed by atoms with van der Waals surface area (Å²) in [7, 11) is 0. The number of nitro benzene ring substituents is 1. The Bertz CT molecular complexity index is 662. The van der Waals surface area contributed by atoms with Crippen LogP contribution in [-0.2, 0) is 12.0 Å². The van der Waals surface area contributed by atoms with Crippen molar-refractivity contribution in [3.63, 3.8) is 0 Å². The Balaban J connectivity index is 2.05. The van der Waals surface area contributed by atoms with Crippen molar-refractivity contribution in [2.45, 2.75) is 32.7 Å². The van der Waals surface area contributed by atoms with Gasteiger partial charge in [-0.3, -0.25) is 10.1 Å². The molecule has 0 bridgehead atoms. The lowest BCUT2D eigenvalue weighted by molar-refractivity contribution is -0.384. The van der Waals surface area contributed by atoms with E-state index in [0.717, 1.165) is 5.69 Å². The van der Waals surface area contributed by atoms with Gasteiger partial charge in [0.2, 0.25) is 0 Å². The van der Waals surface area contributed by atoms with Gasteiger partial charge in [0.1, 0.15) is 5.02 Å². The molecule has 0 spiro atoms. The Kier molecular flexibility index (Phi) is 4.54. The van der Waals surface area contributed by atoms with Gasteiger partial charge in [-0.15, -0.1) is 11.3 Å². The van der Waals surface area contributed by atoms with Crippen LogP contribution in [0, 0.1) is 10.1 Å². The fraction of sp³-hybridized carbons (Fsp3) is 0.333. The van der Waals surface area contributed by atoms with Crippen LogP contribution < -0.4 is 5.32 Å². The SMILES string of the molecule is CC(C)(C)c1ccc(CNc2ccc([N+](=O)[O-])c(Cl)c2)s1. The molecule has 4 nitrogen and oxygen atoms in total. The molecule has 0 aliphatic rings. The third-order valence-corrected chi connectivity index (χ3v) is 4.83. The number of hydrogen-bond acceptors (Lipinski definition) is 4. The molecule has 0 fully saturated rings. The van der Waals surface area contributed by atoms with Crippen molar-refractivity contribution in [2.75, 3.05) is 5.32 Å². The highest BCUT2D eigenvalue weighted by Gasteiger charge is 2.16. The van der Waals surface area contributed by atoms with E-state index >= 15 is 0 Å². The van der Waals surface area contributed by atoms with Gasteiger partial charge in [0.25, 0.3) is 5.69 Å². The van der Waals surface area contributed by atoms with E-state index < -0.39 is 4.92 Å². The first-order valence-corrected chi connectivity index (χ1v) is 7.74. The highest BCUT2D eigenvalue weighted by molar-refractivity contribution is 7.12. The number of nitro groups is 1. The van der Waals surface area contributed by atoms with Gasteiger partial charge in [-0.05, 0) is 29.7 Å². The minimum absolute atomic E-state index is 0.0756. The summed E-state index contributed by atoms with van der Waals surface area (Å²) < 4.78 is 0. The number of anilines is 1. The molecule has 0 amide bonds. The van der Waals surface area contributed by atoms with Crippen molar-refractivity contribution in [3.8, 4) is 0 Å². The van der Waals surface area contributed by atoms with E-state index in [1.54, 1.807) is 23.5 Å². The van der Waals surface area contributed by atoms with E-state index in [0.29, 0.717) is 6.54 Å². The normalized spacial score (nSPS) is 11.4. The van der Waals surface area contributed by atoms with E-state index in [1.165, 1.54) is 15.8 Å². The molecular formula is C15H17ClN2O2S. The molecule has 1 aromatic carbocycles. The summed E-state index contributed by atoms with van der Waals surface area (Å²) in [5, 5.41) is 14.1. The largest absolute Gasteiger partial charge is 0.380 e. The second kappa shape index (κ2) is 6.03. The topological polar surface area (TPSA) is 55.2 Å². The Hall–Kier alpha value is -1.59. The molecule has 0 aliphatic heterocycles. The molecule has 0 atom stereocenters. The Morgan fingerprint density at radius 3 is 2.52 bits per heavy atom. The fourth-order valence-corrected chi connectivity index (χ4v) is 3.08. The van der Waals surface area contributed by atoms with E-state index in [2.05, 4.69) is 38.2 Å². The number of halogens is 1. The molecule has 1 heterocycles. The van der Waals surface area contributed by atoms with Crippen molar-refractivity contribution >= 4 is 34.3 Å². The van der Waals surface area contributed by atoms with Gasteiger partial charge in [0.05, 0.1) is 4.92 Å². The molecule has 0 unspecified atom stereocenters. The third-order valence-electron chi connectivity index (χ3n) is 3.01. The van der Waals surface area contributed by atoms with Crippen LogP contribution in [0.4, 0.5) is 11.4 Å². The predicted octanol–water partition coefficient (Wildman–Crippen LogP) is 5.22. The van der Waals surface area contributed by atoms with Crippen molar-refractivity contribution < 1.29 is 4.92 Å².